The number of ether oxygens (including phenoxy) is 1. The minimum Gasteiger partial charge on any atom is -0.445 e. The van der Waals surface area contributed by atoms with Gasteiger partial charge in [0.2, 0.25) is 0 Å². The Balaban J connectivity index is 3.01. The molecule has 0 bridgehead atoms. The third-order valence-electron chi connectivity index (χ3n) is 1.56. The molecule has 9 heteroatoms. The van der Waals surface area contributed by atoms with Crippen LogP contribution in [0.4, 0.5) is 30.5 Å². The first-order valence-corrected chi connectivity index (χ1v) is 3.85. The lowest BCUT2D eigenvalue weighted by atomic mass is 9.80. The van der Waals surface area contributed by atoms with Crippen LogP contribution in [0.3, 0.4) is 0 Å². The summed E-state index contributed by atoms with van der Waals surface area (Å²) in [7, 11) is 0. The van der Waals surface area contributed by atoms with E-state index in [0.29, 0.717) is 6.07 Å². The monoisotopic (exact) mass is 247 g/mol. The van der Waals surface area contributed by atoms with Gasteiger partial charge in [0.05, 0.1) is 5.82 Å². The summed E-state index contributed by atoms with van der Waals surface area (Å²) in [4.78, 5) is 0. The van der Waals surface area contributed by atoms with E-state index >= 15 is 0 Å². The van der Waals surface area contributed by atoms with Crippen LogP contribution in [0.5, 0.6) is 5.75 Å². The van der Waals surface area contributed by atoms with E-state index in [2.05, 4.69) is 4.74 Å². The van der Waals surface area contributed by atoms with E-state index < -0.39 is 30.4 Å². The van der Waals surface area contributed by atoms with Crippen LogP contribution in [0.1, 0.15) is 0 Å². The fourth-order valence-corrected chi connectivity index (χ4v) is 0.970. The van der Waals surface area contributed by atoms with Crippen molar-refractivity contribution in [1.29, 1.82) is 0 Å². The van der Waals surface area contributed by atoms with Crippen LogP contribution in [0.15, 0.2) is 18.2 Å². The molecule has 0 saturated carbocycles. The van der Waals surface area contributed by atoms with Crippen molar-refractivity contribution in [3.63, 3.8) is 0 Å². The van der Waals surface area contributed by atoms with Crippen molar-refractivity contribution in [1.82, 2.24) is 0 Å². The Morgan fingerprint density at radius 3 is 2.00 bits per heavy atom. The van der Waals surface area contributed by atoms with Crippen LogP contribution in [0.25, 0.3) is 0 Å². The number of benzene rings is 1. The zero-order valence-corrected chi connectivity index (χ0v) is 7.36. The first-order valence-electron chi connectivity index (χ1n) is 3.85. The molecule has 1 nitrogen and oxygen atoms in total. The first kappa shape index (κ1) is 12.7. The summed E-state index contributed by atoms with van der Waals surface area (Å²) >= 11 is 0. The molecule has 0 N–H and O–H groups in total. The van der Waals surface area contributed by atoms with Crippen LogP contribution < -0.4 is 10.2 Å². The Hall–Kier alpha value is -1.41. The molecule has 0 unspecified atom stereocenters. The second-order valence-corrected chi connectivity index (χ2v) is 2.81. The number of hydrogen-bond donors (Lipinski definition) is 0. The Bertz CT molecular complexity index is 383. The minimum absolute atomic E-state index is 0.0397. The highest BCUT2D eigenvalue weighted by Crippen LogP contribution is 2.23. The van der Waals surface area contributed by atoms with Gasteiger partial charge in [-0.3, -0.25) is 0 Å². The molecule has 0 fully saturated rings. The minimum atomic E-state index is -5.59. The van der Waals surface area contributed by atoms with Crippen molar-refractivity contribution in [2.75, 3.05) is 0 Å². The molecular formula is C7H3BF7O-. The molecule has 0 atom stereocenters. The molecule has 0 aromatic heterocycles. The molecule has 0 spiro atoms. The second kappa shape index (κ2) is 3.87. The summed E-state index contributed by atoms with van der Waals surface area (Å²) in [5.41, 5.74) is -1.59. The van der Waals surface area contributed by atoms with Gasteiger partial charge in [0.1, 0.15) is 5.75 Å². The van der Waals surface area contributed by atoms with E-state index in [0.717, 1.165) is 0 Å². The van der Waals surface area contributed by atoms with E-state index in [1.807, 2.05) is 0 Å². The molecule has 0 amide bonds. The van der Waals surface area contributed by atoms with Gasteiger partial charge in [0.15, 0.2) is 0 Å². The number of alkyl halides is 3. The average molecular weight is 247 g/mol. The highest BCUT2D eigenvalue weighted by Gasteiger charge is 2.33. The van der Waals surface area contributed by atoms with Gasteiger partial charge >= 0.3 is 13.3 Å². The molecule has 1 aromatic carbocycles. The van der Waals surface area contributed by atoms with E-state index in [1.54, 1.807) is 0 Å². The Labute approximate surface area is 84.9 Å². The molecular weight excluding hydrogens is 244 g/mol. The van der Waals surface area contributed by atoms with E-state index in [4.69, 9.17) is 0 Å². The number of hydrogen-bond acceptors (Lipinski definition) is 1. The Morgan fingerprint density at radius 2 is 1.62 bits per heavy atom. The lowest BCUT2D eigenvalue weighted by molar-refractivity contribution is -0.274. The predicted octanol–water partition coefficient (Wildman–Crippen LogP) is 2.78. The lowest BCUT2D eigenvalue weighted by Gasteiger charge is -2.16. The van der Waals surface area contributed by atoms with Crippen molar-refractivity contribution in [3.8, 4) is 5.75 Å². The SMILES string of the molecule is Fc1cc(OC(F)(F)F)ccc1[B-](F)(F)F. The van der Waals surface area contributed by atoms with Crippen LogP contribution in [-0.2, 0) is 0 Å². The fourth-order valence-electron chi connectivity index (χ4n) is 0.970. The smallest absolute Gasteiger partial charge is 0.445 e. The van der Waals surface area contributed by atoms with Crippen molar-refractivity contribution < 1.29 is 35.2 Å². The molecule has 1 rings (SSSR count). The highest BCUT2D eigenvalue weighted by molar-refractivity contribution is 6.73. The summed E-state index contributed by atoms with van der Waals surface area (Å²) in [5, 5.41) is 0. The molecule has 0 aliphatic heterocycles. The maximum atomic E-state index is 12.8. The molecule has 16 heavy (non-hydrogen) atoms. The van der Waals surface area contributed by atoms with Gasteiger partial charge in [-0.05, 0) is 6.07 Å². The van der Waals surface area contributed by atoms with Crippen molar-refractivity contribution in [2.24, 2.45) is 0 Å². The Morgan fingerprint density at radius 1 is 1.06 bits per heavy atom. The summed E-state index contributed by atoms with van der Waals surface area (Å²) in [6, 6.07) is 0.648. The standard InChI is InChI=1S/C7H3BF7O/c9-6-3-4(16-7(10,11)12)1-2-5(6)8(13,14)15/h1-3H/q-1. The van der Waals surface area contributed by atoms with Gasteiger partial charge < -0.3 is 17.7 Å². The summed E-state index contributed by atoms with van der Waals surface area (Å²) in [6.45, 7) is -5.59. The van der Waals surface area contributed by atoms with Crippen LogP contribution >= 0.6 is 0 Å². The number of rotatable bonds is 2. The maximum Gasteiger partial charge on any atom is 0.573 e. The van der Waals surface area contributed by atoms with Crippen molar-refractivity contribution in [2.45, 2.75) is 6.36 Å². The molecule has 0 heterocycles. The van der Waals surface area contributed by atoms with Gasteiger partial charge in [0, 0.05) is 6.07 Å². The van der Waals surface area contributed by atoms with Crippen molar-refractivity contribution in [3.05, 3.63) is 24.0 Å². The molecule has 0 aliphatic carbocycles. The van der Waals surface area contributed by atoms with Gasteiger partial charge in [-0.15, -0.1) is 13.2 Å². The normalized spacial score (nSPS) is 12.7. The molecule has 1 aromatic rings. The summed E-state index contributed by atoms with van der Waals surface area (Å²) in [5.74, 6) is -2.83. The van der Waals surface area contributed by atoms with Gasteiger partial charge in [-0.2, -0.15) is 0 Å². The van der Waals surface area contributed by atoms with E-state index in [9.17, 15) is 30.5 Å². The van der Waals surface area contributed by atoms with Crippen LogP contribution in [0, 0.1) is 5.82 Å². The third kappa shape index (κ3) is 3.32. The summed E-state index contributed by atoms with van der Waals surface area (Å²) < 4.78 is 87.2. The molecule has 0 saturated heterocycles. The van der Waals surface area contributed by atoms with Crippen LogP contribution in [-0.4, -0.2) is 13.3 Å². The second-order valence-electron chi connectivity index (χ2n) is 2.81. The van der Waals surface area contributed by atoms with E-state index in [-0.39, 0.29) is 12.1 Å². The third-order valence-corrected chi connectivity index (χ3v) is 1.56. The van der Waals surface area contributed by atoms with Crippen LogP contribution in [0.2, 0.25) is 0 Å². The van der Waals surface area contributed by atoms with Gasteiger partial charge in [0.25, 0.3) is 0 Å². The quantitative estimate of drug-likeness (QED) is 0.576. The lowest BCUT2D eigenvalue weighted by Crippen LogP contribution is -2.36. The maximum absolute atomic E-state index is 12.8. The van der Waals surface area contributed by atoms with Gasteiger partial charge in [-0.1, -0.05) is 11.5 Å². The first-order chi connectivity index (χ1) is 7.09. The molecule has 0 aliphatic rings. The zero-order valence-electron chi connectivity index (χ0n) is 7.36. The predicted molar refractivity (Wildman–Crippen MR) is 41.8 cm³/mol. The van der Waals surface area contributed by atoms with E-state index in [1.165, 1.54) is 0 Å². The highest BCUT2D eigenvalue weighted by atomic mass is 19.4. The average Bonchev–Trinajstić information content (AvgIpc) is 1.97. The van der Waals surface area contributed by atoms with Crippen molar-refractivity contribution >= 4 is 12.4 Å². The zero-order chi connectivity index (χ0) is 12.6. The fraction of sp³-hybridized carbons (Fsp3) is 0.143. The Kier molecular flexibility index (Phi) is 3.07. The summed E-state index contributed by atoms with van der Waals surface area (Å²) in [6.07, 6.45) is -5.07. The molecule has 0 radical (unpaired) electrons. The largest absolute Gasteiger partial charge is 0.573 e. The molecule has 90 valence electrons. The van der Waals surface area contributed by atoms with Gasteiger partial charge in [-0.25, -0.2) is 4.39 Å². The number of halogens is 7. The topological polar surface area (TPSA) is 9.23 Å².